The predicted molar refractivity (Wildman–Crippen MR) is 72.8 cm³/mol. The van der Waals surface area contributed by atoms with Crippen LogP contribution in [0.3, 0.4) is 0 Å². The van der Waals surface area contributed by atoms with E-state index in [0.717, 1.165) is 5.69 Å². The van der Waals surface area contributed by atoms with Gasteiger partial charge in [-0.2, -0.15) is 0 Å². The van der Waals surface area contributed by atoms with Crippen LogP contribution in [0.2, 0.25) is 0 Å². The van der Waals surface area contributed by atoms with Crippen molar-refractivity contribution >= 4 is 11.7 Å². The first-order valence-electron chi connectivity index (χ1n) is 6.58. The quantitative estimate of drug-likeness (QED) is 0.838. The maximum Gasteiger partial charge on any atom is 0.329 e. The lowest BCUT2D eigenvalue weighted by molar-refractivity contribution is -0.142. The van der Waals surface area contributed by atoms with Gasteiger partial charge in [0.25, 0.3) is 0 Å². The van der Waals surface area contributed by atoms with Crippen LogP contribution < -0.4 is 5.32 Å². The lowest BCUT2D eigenvalue weighted by Crippen LogP contribution is -2.45. The fourth-order valence-electron chi connectivity index (χ4n) is 2.42. The van der Waals surface area contributed by atoms with E-state index in [-0.39, 0.29) is 0 Å². The molecule has 98 valence electrons. The number of hydrogen-bond acceptors (Lipinski definition) is 2. The molecule has 1 unspecified atom stereocenters. The van der Waals surface area contributed by atoms with Crippen LogP contribution in [0.5, 0.6) is 0 Å². The molecule has 0 radical (unpaired) electrons. The maximum atomic E-state index is 11.5. The fraction of sp³-hybridized carbons (Fsp3) is 0.533. The van der Waals surface area contributed by atoms with Gasteiger partial charge in [-0.25, -0.2) is 4.79 Å². The van der Waals surface area contributed by atoms with E-state index in [1.807, 2.05) is 31.2 Å². The Labute approximate surface area is 108 Å². The molecule has 0 aromatic heterocycles. The SMILES string of the molecule is Cc1ccc(NC(C)(CC2CCC2)C(=O)O)cc1. The lowest BCUT2D eigenvalue weighted by atomic mass is 9.76. The molecule has 1 aliphatic carbocycles. The van der Waals surface area contributed by atoms with E-state index in [4.69, 9.17) is 0 Å². The zero-order valence-electron chi connectivity index (χ0n) is 11.1. The minimum absolute atomic E-state index is 0.559. The van der Waals surface area contributed by atoms with Crippen LogP contribution >= 0.6 is 0 Å². The second kappa shape index (κ2) is 5.01. The van der Waals surface area contributed by atoms with Crippen molar-refractivity contribution in [2.45, 2.75) is 45.1 Å². The smallest absolute Gasteiger partial charge is 0.329 e. The first-order chi connectivity index (χ1) is 8.49. The van der Waals surface area contributed by atoms with Gasteiger partial charge in [-0.15, -0.1) is 0 Å². The van der Waals surface area contributed by atoms with Crippen molar-refractivity contribution in [3.63, 3.8) is 0 Å². The molecule has 0 saturated heterocycles. The average molecular weight is 247 g/mol. The Kier molecular flexibility index (Phi) is 3.60. The molecule has 1 fully saturated rings. The van der Waals surface area contributed by atoms with Gasteiger partial charge < -0.3 is 10.4 Å². The van der Waals surface area contributed by atoms with Crippen molar-refractivity contribution in [2.24, 2.45) is 5.92 Å². The van der Waals surface area contributed by atoms with Crippen LogP contribution in [0.25, 0.3) is 0 Å². The Morgan fingerprint density at radius 3 is 2.44 bits per heavy atom. The Morgan fingerprint density at radius 2 is 2.00 bits per heavy atom. The first kappa shape index (κ1) is 12.9. The molecule has 0 amide bonds. The first-order valence-corrected chi connectivity index (χ1v) is 6.58. The Hall–Kier alpha value is -1.51. The van der Waals surface area contributed by atoms with Gasteiger partial charge in [-0.3, -0.25) is 0 Å². The topological polar surface area (TPSA) is 49.3 Å². The largest absolute Gasteiger partial charge is 0.480 e. The molecular weight excluding hydrogens is 226 g/mol. The zero-order valence-corrected chi connectivity index (χ0v) is 11.1. The highest BCUT2D eigenvalue weighted by atomic mass is 16.4. The van der Waals surface area contributed by atoms with Crippen LogP contribution in [0.4, 0.5) is 5.69 Å². The van der Waals surface area contributed by atoms with Gasteiger partial charge in [0.15, 0.2) is 0 Å². The van der Waals surface area contributed by atoms with E-state index in [9.17, 15) is 9.90 Å². The van der Waals surface area contributed by atoms with Gasteiger partial charge in [0.05, 0.1) is 0 Å². The van der Waals surface area contributed by atoms with Crippen molar-refractivity contribution in [1.29, 1.82) is 0 Å². The number of benzene rings is 1. The Bertz CT molecular complexity index is 423. The summed E-state index contributed by atoms with van der Waals surface area (Å²) in [6.07, 6.45) is 4.28. The number of rotatable bonds is 5. The summed E-state index contributed by atoms with van der Waals surface area (Å²) >= 11 is 0. The molecule has 1 aliphatic rings. The zero-order chi connectivity index (χ0) is 13.2. The third kappa shape index (κ3) is 2.84. The van der Waals surface area contributed by atoms with Crippen molar-refractivity contribution in [2.75, 3.05) is 5.32 Å². The van der Waals surface area contributed by atoms with E-state index in [1.54, 1.807) is 6.92 Å². The van der Waals surface area contributed by atoms with Crippen LogP contribution in [-0.4, -0.2) is 16.6 Å². The minimum Gasteiger partial charge on any atom is -0.480 e. The molecule has 2 N–H and O–H groups in total. The van der Waals surface area contributed by atoms with Crippen LogP contribution in [0, 0.1) is 12.8 Å². The monoisotopic (exact) mass is 247 g/mol. The summed E-state index contributed by atoms with van der Waals surface area (Å²) in [4.78, 5) is 11.5. The van der Waals surface area contributed by atoms with Crippen LogP contribution in [0.15, 0.2) is 24.3 Å². The van der Waals surface area contributed by atoms with Gasteiger partial charge in [0, 0.05) is 5.69 Å². The number of carboxylic acid groups (broad SMARTS) is 1. The molecule has 0 aliphatic heterocycles. The molecule has 3 heteroatoms. The molecule has 2 rings (SSSR count). The summed E-state index contributed by atoms with van der Waals surface area (Å²) in [7, 11) is 0. The Morgan fingerprint density at radius 1 is 1.39 bits per heavy atom. The van der Waals surface area contributed by atoms with Crippen molar-refractivity contribution in [1.82, 2.24) is 0 Å². The second-order valence-electron chi connectivity index (χ2n) is 5.63. The van der Waals surface area contributed by atoms with Gasteiger partial charge in [0.1, 0.15) is 5.54 Å². The number of carboxylic acids is 1. The minimum atomic E-state index is -0.861. The molecule has 0 bridgehead atoms. The van der Waals surface area contributed by atoms with E-state index in [0.29, 0.717) is 12.3 Å². The molecular formula is C15H21NO2. The molecule has 0 heterocycles. The highest BCUT2D eigenvalue weighted by Gasteiger charge is 2.37. The third-order valence-electron chi connectivity index (χ3n) is 3.87. The fourth-order valence-corrected chi connectivity index (χ4v) is 2.42. The average Bonchev–Trinajstić information content (AvgIpc) is 2.27. The summed E-state index contributed by atoms with van der Waals surface area (Å²) in [5.41, 5.74) is 1.20. The molecule has 1 saturated carbocycles. The molecule has 18 heavy (non-hydrogen) atoms. The van der Waals surface area contributed by atoms with Gasteiger partial charge in [-0.05, 0) is 38.3 Å². The van der Waals surface area contributed by atoms with Gasteiger partial charge >= 0.3 is 5.97 Å². The summed E-state index contributed by atoms with van der Waals surface area (Å²) in [5.74, 6) is -0.209. The lowest BCUT2D eigenvalue weighted by Gasteiger charge is -2.35. The number of hydrogen-bond donors (Lipinski definition) is 2. The summed E-state index contributed by atoms with van der Waals surface area (Å²) in [5, 5.41) is 12.6. The number of nitrogens with one attached hydrogen (secondary N) is 1. The molecule has 1 aromatic carbocycles. The maximum absolute atomic E-state index is 11.5. The summed E-state index contributed by atoms with van der Waals surface area (Å²) < 4.78 is 0. The van der Waals surface area contributed by atoms with E-state index in [1.165, 1.54) is 24.8 Å². The predicted octanol–water partition coefficient (Wildman–Crippen LogP) is 3.44. The number of anilines is 1. The number of carbonyl (C=O) groups is 1. The van der Waals surface area contributed by atoms with Crippen molar-refractivity contribution in [3.8, 4) is 0 Å². The molecule has 1 atom stereocenters. The third-order valence-corrected chi connectivity index (χ3v) is 3.87. The molecule has 3 nitrogen and oxygen atoms in total. The van der Waals surface area contributed by atoms with Gasteiger partial charge in [0.2, 0.25) is 0 Å². The molecule has 0 spiro atoms. The number of aryl methyl sites for hydroxylation is 1. The van der Waals surface area contributed by atoms with Crippen molar-refractivity contribution in [3.05, 3.63) is 29.8 Å². The second-order valence-corrected chi connectivity index (χ2v) is 5.63. The van der Waals surface area contributed by atoms with Crippen LogP contribution in [0.1, 0.15) is 38.2 Å². The molecule has 1 aromatic rings. The van der Waals surface area contributed by atoms with Gasteiger partial charge in [-0.1, -0.05) is 37.0 Å². The highest BCUT2D eigenvalue weighted by molar-refractivity contribution is 5.82. The summed E-state index contributed by atoms with van der Waals surface area (Å²) in [6.45, 7) is 3.81. The number of aliphatic carboxylic acids is 1. The highest BCUT2D eigenvalue weighted by Crippen LogP contribution is 2.35. The standard InChI is InChI=1S/C15H21NO2/c1-11-6-8-13(9-7-11)16-15(2,14(17)18)10-12-4-3-5-12/h6-9,12,16H,3-5,10H2,1-2H3,(H,17,18). The van der Waals surface area contributed by atoms with E-state index < -0.39 is 11.5 Å². The van der Waals surface area contributed by atoms with Crippen LogP contribution in [-0.2, 0) is 4.79 Å². The Balaban J connectivity index is 2.09. The van der Waals surface area contributed by atoms with Crippen molar-refractivity contribution < 1.29 is 9.90 Å². The van der Waals surface area contributed by atoms with E-state index in [2.05, 4.69) is 5.32 Å². The van der Waals surface area contributed by atoms with E-state index >= 15 is 0 Å². The normalized spacial score (nSPS) is 18.8. The summed E-state index contributed by atoms with van der Waals surface area (Å²) in [6, 6.07) is 7.87.